The molecule has 2 aromatic heterocycles. The molecule has 1 aliphatic heterocycles. The fourth-order valence-corrected chi connectivity index (χ4v) is 6.56. The van der Waals surface area contributed by atoms with Crippen LogP contribution in [0, 0.1) is 13.8 Å². The minimum absolute atomic E-state index is 0.0132. The molecule has 0 spiro atoms. The van der Waals surface area contributed by atoms with Crippen molar-refractivity contribution in [3.63, 3.8) is 0 Å². The minimum Gasteiger partial charge on any atom is -0.453 e. The maximum atomic E-state index is 13.1. The second-order valence-corrected chi connectivity index (χ2v) is 11.9. The van der Waals surface area contributed by atoms with Crippen molar-refractivity contribution in [2.45, 2.75) is 23.6 Å². The molecule has 1 aromatic carbocycles. The second-order valence-electron chi connectivity index (χ2n) is 6.97. The Bertz CT molecular complexity index is 1490. The molecule has 33 heavy (non-hydrogen) atoms. The number of hydrogen-bond donors (Lipinski definition) is 2. The Hall–Kier alpha value is -2.81. The van der Waals surface area contributed by atoms with Gasteiger partial charge in [0.25, 0.3) is 21.8 Å². The van der Waals surface area contributed by atoms with Crippen LogP contribution in [0.15, 0.2) is 31.8 Å². The third-order valence-corrected chi connectivity index (χ3v) is 8.74. The van der Waals surface area contributed by atoms with Gasteiger partial charge in [-0.25, -0.2) is 21.6 Å². The fourth-order valence-electron chi connectivity index (χ4n) is 3.09. The molecule has 1 aliphatic rings. The van der Waals surface area contributed by atoms with E-state index in [9.17, 15) is 21.6 Å². The van der Waals surface area contributed by atoms with Crippen molar-refractivity contribution in [3.05, 3.63) is 38.7 Å². The zero-order chi connectivity index (χ0) is 24.1. The van der Waals surface area contributed by atoms with Gasteiger partial charge in [0.15, 0.2) is 21.3 Å². The highest BCUT2D eigenvalue weighted by Crippen LogP contribution is 2.44. The number of fused-ring (bicyclic) bond motifs is 1. The molecule has 0 fully saturated rings. The van der Waals surface area contributed by atoms with E-state index in [1.165, 1.54) is 31.4 Å². The van der Waals surface area contributed by atoms with Gasteiger partial charge in [-0.3, -0.25) is 4.79 Å². The summed E-state index contributed by atoms with van der Waals surface area (Å²) in [5, 5.41) is 7.55. The van der Waals surface area contributed by atoms with Crippen molar-refractivity contribution in [1.82, 2.24) is 5.16 Å². The Balaban J connectivity index is 1.71. The average molecular weight is 534 g/mol. The number of carbonyl (C=O) groups is 1. The van der Waals surface area contributed by atoms with Gasteiger partial charge in [0, 0.05) is 12.3 Å². The highest BCUT2D eigenvalue weighted by Gasteiger charge is 2.30. The van der Waals surface area contributed by atoms with E-state index in [0.29, 0.717) is 0 Å². The van der Waals surface area contributed by atoms with E-state index in [2.05, 4.69) is 15.2 Å². The lowest BCUT2D eigenvalue weighted by Gasteiger charge is -2.14. The summed E-state index contributed by atoms with van der Waals surface area (Å²) < 4.78 is 67.9. The predicted molar refractivity (Wildman–Crippen MR) is 120 cm³/mol. The molecule has 0 aliphatic carbocycles. The number of nitrogens with zero attached hydrogens (tertiary/aromatic N) is 1. The van der Waals surface area contributed by atoms with E-state index >= 15 is 0 Å². The Morgan fingerprint density at radius 3 is 2.55 bits per heavy atom. The summed E-state index contributed by atoms with van der Waals surface area (Å²) >= 11 is 6.85. The minimum atomic E-state index is -4.27. The van der Waals surface area contributed by atoms with Crippen LogP contribution < -0.4 is 19.5 Å². The normalized spacial score (nSPS) is 13.2. The number of amides is 1. The number of rotatable bonds is 6. The number of aromatic nitrogens is 1. The molecule has 0 saturated heterocycles. The molecule has 2 N–H and O–H groups in total. The van der Waals surface area contributed by atoms with Crippen molar-refractivity contribution in [3.8, 4) is 11.5 Å². The first-order chi connectivity index (χ1) is 15.4. The summed E-state index contributed by atoms with van der Waals surface area (Å²) in [5.74, 6) is -0.785. The smallest absolute Gasteiger partial charge is 0.267 e. The van der Waals surface area contributed by atoms with E-state index in [-0.39, 0.29) is 60.8 Å². The number of benzene rings is 1. The summed E-state index contributed by atoms with van der Waals surface area (Å²) in [6.45, 7) is 2.87. The van der Waals surface area contributed by atoms with Crippen LogP contribution in [-0.2, 0) is 19.9 Å². The number of thiophene rings is 1. The maximum Gasteiger partial charge on any atom is 0.267 e. The number of anilines is 2. The van der Waals surface area contributed by atoms with Crippen molar-refractivity contribution in [2.75, 3.05) is 23.1 Å². The number of hydrogen-bond acceptors (Lipinski definition) is 10. The molecule has 176 valence electrons. The Morgan fingerprint density at radius 2 is 1.91 bits per heavy atom. The molecular formula is C18H16ClN3O8S3. The number of sulfonamides is 1. The van der Waals surface area contributed by atoms with Crippen molar-refractivity contribution < 1.29 is 35.6 Å². The van der Waals surface area contributed by atoms with Crippen LogP contribution in [0.4, 0.5) is 11.6 Å². The van der Waals surface area contributed by atoms with E-state index in [0.717, 1.165) is 17.6 Å². The molecule has 0 unspecified atom stereocenters. The zero-order valence-electron chi connectivity index (χ0n) is 17.3. The molecular weight excluding hydrogens is 518 g/mol. The van der Waals surface area contributed by atoms with E-state index in [4.69, 9.17) is 25.6 Å². The fraction of sp³-hybridized carbons (Fsp3) is 0.222. The molecule has 0 bridgehead atoms. The Kier molecular flexibility index (Phi) is 5.80. The topological polar surface area (TPSA) is 154 Å². The molecule has 0 radical (unpaired) electrons. The van der Waals surface area contributed by atoms with E-state index in [1.807, 2.05) is 0 Å². The highest BCUT2D eigenvalue weighted by atomic mass is 35.5. The molecule has 0 saturated carbocycles. The monoisotopic (exact) mass is 533 g/mol. The van der Waals surface area contributed by atoms with Crippen LogP contribution in [0.2, 0.25) is 5.02 Å². The van der Waals surface area contributed by atoms with Gasteiger partial charge in [-0.2, -0.15) is 0 Å². The SMILES string of the molecule is Cc1noc(NS(=O)(=O)c2ccsc2C(=O)Nc2c(C)c(S(C)(=O)=O)cc3c2OCO3)c1Cl. The maximum absolute atomic E-state index is 13.1. The third kappa shape index (κ3) is 4.26. The lowest BCUT2D eigenvalue weighted by atomic mass is 10.1. The molecule has 4 rings (SSSR count). The number of aryl methyl sites for hydroxylation is 1. The first-order valence-corrected chi connectivity index (χ1v) is 13.7. The summed E-state index contributed by atoms with van der Waals surface area (Å²) in [6, 6.07) is 2.56. The van der Waals surface area contributed by atoms with Gasteiger partial charge in [0.05, 0.1) is 10.6 Å². The average Bonchev–Trinajstić information content (AvgIpc) is 3.46. The summed E-state index contributed by atoms with van der Waals surface area (Å²) in [5.41, 5.74) is 0.571. The summed E-state index contributed by atoms with van der Waals surface area (Å²) in [6.07, 6.45) is 1.02. The highest BCUT2D eigenvalue weighted by molar-refractivity contribution is 7.93. The van der Waals surface area contributed by atoms with Crippen LogP contribution >= 0.6 is 22.9 Å². The van der Waals surface area contributed by atoms with Crippen LogP contribution in [0.3, 0.4) is 0 Å². The van der Waals surface area contributed by atoms with Crippen LogP contribution in [0.1, 0.15) is 20.9 Å². The van der Waals surface area contributed by atoms with Gasteiger partial charge >= 0.3 is 0 Å². The number of ether oxygens (including phenoxy) is 2. The molecule has 11 nitrogen and oxygen atoms in total. The Morgan fingerprint density at radius 1 is 1.18 bits per heavy atom. The summed E-state index contributed by atoms with van der Waals surface area (Å²) in [4.78, 5) is 12.5. The number of halogens is 1. The number of nitrogens with one attached hydrogen (secondary N) is 2. The lowest BCUT2D eigenvalue weighted by molar-refractivity contribution is 0.102. The molecule has 0 atom stereocenters. The number of carbonyl (C=O) groups excluding carboxylic acids is 1. The van der Waals surface area contributed by atoms with Gasteiger partial charge in [0.1, 0.15) is 20.5 Å². The standard InChI is InChI=1S/C18H16ClN3O8S3/c1-8-12(32(3,24)25)6-10-15(29-7-28-10)14(8)20-17(23)16-11(4-5-31-16)33(26,27)22-18-13(19)9(2)21-30-18/h4-6,22H,7H2,1-3H3,(H,20,23). The second kappa shape index (κ2) is 8.20. The first-order valence-electron chi connectivity index (χ1n) is 9.07. The van der Waals surface area contributed by atoms with Gasteiger partial charge in [-0.15, -0.1) is 11.3 Å². The zero-order valence-corrected chi connectivity index (χ0v) is 20.5. The van der Waals surface area contributed by atoms with E-state index < -0.39 is 25.8 Å². The van der Waals surface area contributed by atoms with Gasteiger partial charge in [0.2, 0.25) is 6.79 Å². The first kappa shape index (κ1) is 23.4. The Labute approximate surface area is 197 Å². The van der Waals surface area contributed by atoms with Gasteiger partial charge in [-0.1, -0.05) is 16.8 Å². The van der Waals surface area contributed by atoms with Crippen LogP contribution in [-0.4, -0.2) is 40.9 Å². The van der Waals surface area contributed by atoms with E-state index in [1.54, 1.807) is 0 Å². The van der Waals surface area contributed by atoms with Crippen molar-refractivity contribution in [2.24, 2.45) is 0 Å². The summed E-state index contributed by atoms with van der Waals surface area (Å²) in [7, 11) is -7.92. The van der Waals surface area contributed by atoms with Crippen molar-refractivity contribution in [1.29, 1.82) is 0 Å². The molecule has 15 heteroatoms. The molecule has 3 heterocycles. The van der Waals surface area contributed by atoms with Crippen LogP contribution in [0.25, 0.3) is 0 Å². The molecule has 1 amide bonds. The largest absolute Gasteiger partial charge is 0.453 e. The quantitative estimate of drug-likeness (QED) is 0.486. The third-order valence-electron chi connectivity index (χ3n) is 4.66. The van der Waals surface area contributed by atoms with Crippen molar-refractivity contribution >= 4 is 60.3 Å². The van der Waals surface area contributed by atoms with Gasteiger partial charge in [-0.05, 0) is 30.9 Å². The predicted octanol–water partition coefficient (Wildman–Crippen LogP) is 3.19. The molecule has 3 aromatic rings. The lowest BCUT2D eigenvalue weighted by Crippen LogP contribution is -2.19. The van der Waals surface area contributed by atoms with Gasteiger partial charge < -0.3 is 19.3 Å². The number of sulfone groups is 1. The van der Waals surface area contributed by atoms with Crippen LogP contribution in [0.5, 0.6) is 11.5 Å².